The minimum absolute atomic E-state index is 0.676. The Kier molecular flexibility index (Phi) is 6.46. The highest BCUT2D eigenvalue weighted by Crippen LogP contribution is 2.25. The Morgan fingerprint density at radius 1 is 1.33 bits per heavy atom. The molecule has 0 unspecified atom stereocenters. The maximum absolute atomic E-state index is 5.35. The summed E-state index contributed by atoms with van der Waals surface area (Å²) in [6.07, 6.45) is 8.15. The molecule has 0 amide bonds. The predicted molar refractivity (Wildman–Crippen MR) is 86.6 cm³/mol. The largest absolute Gasteiger partial charge is 0.481 e. The van der Waals surface area contributed by atoms with Crippen molar-refractivity contribution in [3.8, 4) is 5.88 Å². The summed E-state index contributed by atoms with van der Waals surface area (Å²) in [5.74, 6) is 0.752. The van der Waals surface area contributed by atoms with Crippen molar-refractivity contribution < 1.29 is 4.74 Å². The maximum atomic E-state index is 5.35. The van der Waals surface area contributed by atoms with Gasteiger partial charge in [-0.25, -0.2) is 4.98 Å². The van der Waals surface area contributed by atoms with Crippen LogP contribution in [0.15, 0.2) is 18.3 Å². The predicted octanol–water partition coefficient (Wildman–Crippen LogP) is 2.83. The van der Waals surface area contributed by atoms with E-state index < -0.39 is 0 Å². The fourth-order valence-electron chi connectivity index (χ4n) is 3.20. The molecule has 0 aliphatic heterocycles. The van der Waals surface area contributed by atoms with Crippen molar-refractivity contribution in [3.63, 3.8) is 0 Å². The summed E-state index contributed by atoms with van der Waals surface area (Å²) in [6, 6.07) is 5.49. The molecule has 1 fully saturated rings. The van der Waals surface area contributed by atoms with Crippen LogP contribution in [-0.4, -0.2) is 42.7 Å². The fourth-order valence-corrected chi connectivity index (χ4v) is 3.20. The fraction of sp³-hybridized carbons (Fsp3) is 0.706. The van der Waals surface area contributed by atoms with E-state index >= 15 is 0 Å². The highest BCUT2D eigenvalue weighted by Gasteiger charge is 2.24. The summed E-state index contributed by atoms with van der Waals surface area (Å²) in [6.45, 7) is 4.29. The van der Waals surface area contributed by atoms with Crippen molar-refractivity contribution in [2.45, 2.75) is 57.7 Å². The van der Waals surface area contributed by atoms with Gasteiger partial charge in [-0.05, 0) is 51.8 Å². The molecule has 1 saturated carbocycles. The molecule has 1 N–H and O–H groups in total. The summed E-state index contributed by atoms with van der Waals surface area (Å²) in [4.78, 5) is 6.74. The number of hydrogen-bond acceptors (Lipinski definition) is 4. The van der Waals surface area contributed by atoms with Crippen LogP contribution < -0.4 is 10.1 Å². The molecule has 4 nitrogen and oxygen atoms in total. The number of ether oxygens (including phenoxy) is 1. The molecule has 0 spiro atoms. The van der Waals surface area contributed by atoms with E-state index in [9.17, 15) is 0 Å². The molecule has 1 heterocycles. The van der Waals surface area contributed by atoms with Gasteiger partial charge < -0.3 is 10.1 Å². The van der Waals surface area contributed by atoms with Crippen molar-refractivity contribution in [2.24, 2.45) is 0 Å². The number of nitrogens with zero attached hydrogens (tertiary/aromatic N) is 2. The average molecular weight is 291 g/mol. The van der Waals surface area contributed by atoms with Gasteiger partial charge >= 0.3 is 0 Å². The first-order chi connectivity index (χ1) is 10.2. The lowest BCUT2D eigenvalue weighted by Crippen LogP contribution is -2.40. The summed E-state index contributed by atoms with van der Waals surface area (Å²) in [7, 11) is 3.91. The van der Waals surface area contributed by atoms with Gasteiger partial charge in [0.15, 0.2) is 0 Å². The molecule has 21 heavy (non-hydrogen) atoms. The molecular weight excluding hydrogens is 262 g/mol. The molecule has 4 heteroatoms. The molecule has 0 bridgehead atoms. The Morgan fingerprint density at radius 2 is 2.10 bits per heavy atom. The SMILES string of the molecule is CCCNC1CCC(N(C)Cc2cccnc2OC)CC1. The van der Waals surface area contributed by atoms with Gasteiger partial charge in [0, 0.05) is 30.4 Å². The Labute approximate surface area is 128 Å². The van der Waals surface area contributed by atoms with Crippen LogP contribution in [0.25, 0.3) is 0 Å². The highest BCUT2D eigenvalue weighted by atomic mass is 16.5. The van der Waals surface area contributed by atoms with E-state index in [1.807, 2.05) is 6.07 Å². The topological polar surface area (TPSA) is 37.4 Å². The van der Waals surface area contributed by atoms with Crippen molar-refractivity contribution >= 4 is 0 Å². The normalized spacial score (nSPS) is 22.5. The Balaban J connectivity index is 1.83. The van der Waals surface area contributed by atoms with E-state index in [-0.39, 0.29) is 0 Å². The smallest absolute Gasteiger partial charge is 0.217 e. The monoisotopic (exact) mass is 291 g/mol. The maximum Gasteiger partial charge on any atom is 0.217 e. The molecule has 2 rings (SSSR count). The second-order valence-corrected chi connectivity index (χ2v) is 6.05. The molecule has 0 aromatic carbocycles. The number of methoxy groups -OCH3 is 1. The van der Waals surface area contributed by atoms with Crippen LogP contribution in [0.2, 0.25) is 0 Å². The highest BCUT2D eigenvalue weighted by molar-refractivity contribution is 5.25. The zero-order valence-corrected chi connectivity index (χ0v) is 13.6. The van der Waals surface area contributed by atoms with Crippen LogP contribution in [0.5, 0.6) is 5.88 Å². The first-order valence-electron chi connectivity index (χ1n) is 8.16. The first kappa shape index (κ1) is 16.2. The lowest BCUT2D eigenvalue weighted by atomic mass is 9.90. The molecular formula is C17H29N3O. The van der Waals surface area contributed by atoms with Gasteiger partial charge in [-0.3, -0.25) is 4.90 Å². The minimum atomic E-state index is 0.676. The third kappa shape index (κ3) is 4.68. The van der Waals surface area contributed by atoms with Gasteiger partial charge in [-0.15, -0.1) is 0 Å². The van der Waals surface area contributed by atoms with Crippen LogP contribution in [0.3, 0.4) is 0 Å². The molecule has 118 valence electrons. The summed E-state index contributed by atoms with van der Waals surface area (Å²) in [5, 5.41) is 3.65. The Hall–Kier alpha value is -1.13. The van der Waals surface area contributed by atoms with E-state index in [0.717, 1.165) is 25.0 Å². The second kappa shape index (κ2) is 8.35. The molecule has 0 atom stereocenters. The van der Waals surface area contributed by atoms with Gasteiger partial charge in [0.2, 0.25) is 5.88 Å². The van der Waals surface area contributed by atoms with Crippen LogP contribution in [0.1, 0.15) is 44.6 Å². The third-order valence-corrected chi connectivity index (χ3v) is 4.47. The zero-order chi connectivity index (χ0) is 15.1. The number of pyridine rings is 1. The molecule has 0 radical (unpaired) electrons. The quantitative estimate of drug-likeness (QED) is 0.838. The third-order valence-electron chi connectivity index (χ3n) is 4.47. The summed E-state index contributed by atoms with van der Waals surface area (Å²) in [5.41, 5.74) is 1.17. The molecule has 1 aromatic heterocycles. The second-order valence-electron chi connectivity index (χ2n) is 6.05. The van der Waals surface area contributed by atoms with E-state index in [0.29, 0.717) is 6.04 Å². The molecule has 1 aliphatic rings. The number of nitrogens with one attached hydrogen (secondary N) is 1. The van der Waals surface area contributed by atoms with Gasteiger partial charge in [-0.1, -0.05) is 13.0 Å². The number of rotatable bonds is 7. The Morgan fingerprint density at radius 3 is 2.76 bits per heavy atom. The molecule has 0 saturated heterocycles. The lowest BCUT2D eigenvalue weighted by Gasteiger charge is -2.35. The van der Waals surface area contributed by atoms with Gasteiger partial charge in [0.05, 0.1) is 7.11 Å². The minimum Gasteiger partial charge on any atom is -0.481 e. The molecule has 1 aliphatic carbocycles. The van der Waals surface area contributed by atoms with Crippen LogP contribution in [0.4, 0.5) is 0 Å². The van der Waals surface area contributed by atoms with Crippen molar-refractivity contribution in [1.29, 1.82) is 0 Å². The van der Waals surface area contributed by atoms with Crippen molar-refractivity contribution in [3.05, 3.63) is 23.9 Å². The summed E-state index contributed by atoms with van der Waals surface area (Å²) < 4.78 is 5.35. The van der Waals surface area contributed by atoms with Gasteiger partial charge in [0.25, 0.3) is 0 Å². The Bertz CT molecular complexity index is 416. The van der Waals surface area contributed by atoms with Crippen LogP contribution >= 0.6 is 0 Å². The lowest BCUT2D eigenvalue weighted by molar-refractivity contribution is 0.166. The van der Waals surface area contributed by atoms with E-state index in [1.165, 1.54) is 37.7 Å². The first-order valence-corrected chi connectivity index (χ1v) is 8.16. The van der Waals surface area contributed by atoms with Crippen molar-refractivity contribution in [2.75, 3.05) is 20.7 Å². The van der Waals surface area contributed by atoms with E-state index in [4.69, 9.17) is 4.74 Å². The van der Waals surface area contributed by atoms with E-state index in [1.54, 1.807) is 13.3 Å². The van der Waals surface area contributed by atoms with Crippen LogP contribution in [0, 0.1) is 0 Å². The van der Waals surface area contributed by atoms with Gasteiger partial charge in [-0.2, -0.15) is 0 Å². The van der Waals surface area contributed by atoms with E-state index in [2.05, 4.69) is 35.2 Å². The van der Waals surface area contributed by atoms with Gasteiger partial charge in [0.1, 0.15) is 0 Å². The number of aromatic nitrogens is 1. The van der Waals surface area contributed by atoms with Crippen molar-refractivity contribution in [1.82, 2.24) is 15.2 Å². The summed E-state index contributed by atoms with van der Waals surface area (Å²) >= 11 is 0. The standard InChI is InChI=1S/C17H29N3O/c1-4-11-18-15-7-9-16(10-8-15)20(2)13-14-6-5-12-19-17(14)21-3/h5-6,12,15-16,18H,4,7-11,13H2,1-3H3. The average Bonchev–Trinajstić information content (AvgIpc) is 2.54. The van der Waals surface area contributed by atoms with Crippen LogP contribution in [-0.2, 0) is 6.54 Å². The molecule has 1 aromatic rings. The number of hydrogen-bond donors (Lipinski definition) is 1. The zero-order valence-electron chi connectivity index (χ0n) is 13.6.